The van der Waals surface area contributed by atoms with E-state index in [9.17, 15) is 4.79 Å². The number of anilines is 1. The van der Waals surface area contributed by atoms with Gasteiger partial charge in [0.05, 0.1) is 10.2 Å². The molecule has 166 valence electrons. The first-order valence-electron chi connectivity index (χ1n) is 10.3. The van der Waals surface area contributed by atoms with Gasteiger partial charge in [0.25, 0.3) is 0 Å². The van der Waals surface area contributed by atoms with E-state index in [4.69, 9.17) is 9.26 Å². The van der Waals surface area contributed by atoms with Crippen molar-refractivity contribution in [2.24, 2.45) is 5.92 Å². The SMILES string of the molecule is Cc1noc(NC(=O)N2CCC(=Cc3cccc(Oc4ncc(Br)cn4)c3)C(C)C2)c1C. The fraction of sp³-hybridized carbons (Fsp3) is 0.304. The van der Waals surface area contributed by atoms with Gasteiger partial charge < -0.3 is 14.2 Å². The minimum absolute atomic E-state index is 0.167. The zero-order valence-electron chi connectivity index (χ0n) is 18.1. The van der Waals surface area contributed by atoms with Gasteiger partial charge in [-0.05, 0) is 59.8 Å². The molecule has 9 heteroatoms. The lowest BCUT2D eigenvalue weighted by Gasteiger charge is -2.33. The number of piperidine rings is 1. The van der Waals surface area contributed by atoms with Crippen LogP contribution in [-0.2, 0) is 0 Å². The van der Waals surface area contributed by atoms with Gasteiger partial charge in [0.15, 0.2) is 0 Å². The number of aryl methyl sites for hydroxylation is 1. The topological polar surface area (TPSA) is 93.4 Å². The van der Waals surface area contributed by atoms with Gasteiger partial charge in [-0.15, -0.1) is 0 Å². The molecule has 8 nitrogen and oxygen atoms in total. The number of rotatable bonds is 4. The Bertz CT molecular complexity index is 1140. The van der Waals surface area contributed by atoms with Crippen LogP contribution in [0.1, 0.15) is 30.2 Å². The summed E-state index contributed by atoms with van der Waals surface area (Å²) in [4.78, 5) is 22.7. The molecule has 0 saturated carbocycles. The van der Waals surface area contributed by atoms with Gasteiger partial charge in [0.2, 0.25) is 5.88 Å². The number of halogens is 1. The molecule has 1 aromatic carbocycles. The number of ether oxygens (including phenoxy) is 1. The monoisotopic (exact) mass is 497 g/mol. The van der Waals surface area contributed by atoms with Crippen LogP contribution < -0.4 is 10.1 Å². The number of hydrogen-bond donors (Lipinski definition) is 1. The number of hydrogen-bond acceptors (Lipinski definition) is 6. The first kappa shape index (κ1) is 22.0. The normalized spacial score (nSPS) is 17.4. The van der Waals surface area contributed by atoms with E-state index in [1.807, 2.05) is 43.0 Å². The van der Waals surface area contributed by atoms with Gasteiger partial charge in [-0.1, -0.05) is 35.9 Å². The second-order valence-electron chi connectivity index (χ2n) is 7.83. The highest BCUT2D eigenvalue weighted by Crippen LogP contribution is 2.28. The zero-order chi connectivity index (χ0) is 22.7. The highest BCUT2D eigenvalue weighted by molar-refractivity contribution is 9.10. The molecule has 0 spiro atoms. The number of nitrogens with zero attached hydrogens (tertiary/aromatic N) is 4. The van der Waals surface area contributed by atoms with Gasteiger partial charge in [-0.3, -0.25) is 5.32 Å². The summed E-state index contributed by atoms with van der Waals surface area (Å²) >= 11 is 3.31. The quantitative estimate of drug-likeness (QED) is 0.504. The number of benzene rings is 1. The third-order valence-corrected chi connectivity index (χ3v) is 5.89. The minimum Gasteiger partial charge on any atom is -0.424 e. The maximum atomic E-state index is 12.7. The number of aromatic nitrogens is 3. The average Bonchev–Trinajstić information content (AvgIpc) is 3.09. The van der Waals surface area contributed by atoms with E-state index >= 15 is 0 Å². The molecule has 32 heavy (non-hydrogen) atoms. The van der Waals surface area contributed by atoms with Crippen LogP contribution in [0.25, 0.3) is 6.08 Å². The molecular formula is C23H24BrN5O3. The molecule has 2 amide bonds. The van der Waals surface area contributed by atoms with Crippen molar-refractivity contribution in [3.8, 4) is 11.8 Å². The lowest BCUT2D eigenvalue weighted by atomic mass is 9.91. The molecule has 1 saturated heterocycles. The number of likely N-dealkylation sites (tertiary alicyclic amines) is 1. The number of nitrogens with one attached hydrogen (secondary N) is 1. The molecule has 1 unspecified atom stereocenters. The average molecular weight is 498 g/mol. The first-order valence-corrected chi connectivity index (χ1v) is 11.1. The minimum atomic E-state index is -0.167. The van der Waals surface area contributed by atoms with Crippen LogP contribution in [0.3, 0.4) is 0 Å². The summed E-state index contributed by atoms with van der Waals surface area (Å²) in [5.74, 6) is 1.31. The van der Waals surface area contributed by atoms with Gasteiger partial charge in [-0.2, -0.15) is 0 Å². The maximum Gasteiger partial charge on any atom is 0.324 e. The van der Waals surface area contributed by atoms with E-state index in [1.54, 1.807) is 12.4 Å². The number of carbonyl (C=O) groups excluding carboxylic acids is 1. The lowest BCUT2D eigenvalue weighted by molar-refractivity contribution is 0.197. The Morgan fingerprint density at radius 3 is 2.78 bits per heavy atom. The molecule has 4 rings (SSSR count). The summed E-state index contributed by atoms with van der Waals surface area (Å²) in [6.45, 7) is 7.12. The first-order chi connectivity index (χ1) is 15.4. The third kappa shape index (κ3) is 5.16. The molecule has 1 aliphatic rings. The van der Waals surface area contributed by atoms with E-state index in [0.29, 0.717) is 30.7 Å². The summed E-state index contributed by atoms with van der Waals surface area (Å²) in [7, 11) is 0. The number of amides is 2. The Morgan fingerprint density at radius 2 is 2.09 bits per heavy atom. The van der Waals surface area contributed by atoms with Crippen molar-refractivity contribution in [1.29, 1.82) is 0 Å². The van der Waals surface area contributed by atoms with Crippen LogP contribution in [0.4, 0.5) is 10.7 Å². The maximum absolute atomic E-state index is 12.7. The molecule has 0 radical (unpaired) electrons. The molecule has 0 aliphatic carbocycles. The summed E-state index contributed by atoms with van der Waals surface area (Å²) in [6.07, 6.45) is 6.25. The molecule has 1 atom stereocenters. The van der Waals surface area contributed by atoms with E-state index in [-0.39, 0.29) is 11.9 Å². The van der Waals surface area contributed by atoms with Crippen molar-refractivity contribution in [2.45, 2.75) is 27.2 Å². The number of carbonyl (C=O) groups is 1. The van der Waals surface area contributed by atoms with Gasteiger partial charge >= 0.3 is 12.0 Å². The molecule has 1 aliphatic heterocycles. The van der Waals surface area contributed by atoms with Gasteiger partial charge in [-0.25, -0.2) is 14.8 Å². The molecule has 1 N–H and O–H groups in total. The standard InChI is InChI=1S/C23H24BrN5O3/c1-14-13-29(23(30)27-21-15(2)16(3)28-32-21)8-7-18(14)9-17-5-4-6-20(10-17)31-22-25-11-19(24)12-26-22/h4-6,9-12,14H,7-8,13H2,1-3H3,(H,27,30). The second kappa shape index (κ2) is 9.52. The van der Waals surface area contributed by atoms with Crippen LogP contribution >= 0.6 is 15.9 Å². The summed E-state index contributed by atoms with van der Waals surface area (Å²) in [5.41, 5.74) is 3.94. The van der Waals surface area contributed by atoms with Crippen LogP contribution in [0.15, 0.2) is 51.2 Å². The number of urea groups is 1. The van der Waals surface area contributed by atoms with Crippen molar-refractivity contribution in [3.05, 3.63) is 63.5 Å². The van der Waals surface area contributed by atoms with Gasteiger partial charge in [0, 0.05) is 31.0 Å². The Kier molecular flexibility index (Phi) is 6.55. The zero-order valence-corrected chi connectivity index (χ0v) is 19.7. The summed E-state index contributed by atoms with van der Waals surface area (Å²) in [6, 6.07) is 7.93. The van der Waals surface area contributed by atoms with Crippen molar-refractivity contribution in [2.75, 3.05) is 18.4 Å². The highest BCUT2D eigenvalue weighted by atomic mass is 79.9. The Hall–Kier alpha value is -3.20. The van der Waals surface area contributed by atoms with Gasteiger partial charge in [0.1, 0.15) is 5.75 Å². The highest BCUT2D eigenvalue weighted by Gasteiger charge is 2.25. The van der Waals surface area contributed by atoms with Crippen LogP contribution in [-0.4, -0.2) is 39.1 Å². The third-order valence-electron chi connectivity index (χ3n) is 5.48. The molecular weight excluding hydrogens is 474 g/mol. The predicted molar refractivity (Wildman–Crippen MR) is 125 cm³/mol. The Morgan fingerprint density at radius 1 is 1.31 bits per heavy atom. The molecule has 1 fully saturated rings. The van der Waals surface area contributed by atoms with Crippen molar-refractivity contribution in [1.82, 2.24) is 20.0 Å². The molecule has 3 aromatic rings. The fourth-order valence-electron chi connectivity index (χ4n) is 3.50. The van der Waals surface area contributed by atoms with E-state index in [1.165, 1.54) is 5.57 Å². The second-order valence-corrected chi connectivity index (χ2v) is 8.74. The predicted octanol–water partition coefficient (Wildman–Crippen LogP) is 5.59. The fourth-order valence-corrected chi connectivity index (χ4v) is 3.70. The molecule has 2 aromatic heterocycles. The Balaban J connectivity index is 1.40. The summed E-state index contributed by atoms with van der Waals surface area (Å²) in [5, 5.41) is 6.71. The Labute approximate surface area is 194 Å². The molecule has 0 bridgehead atoms. The van der Waals surface area contributed by atoms with Crippen LogP contribution in [0.2, 0.25) is 0 Å². The van der Waals surface area contributed by atoms with Crippen molar-refractivity contribution < 1.29 is 14.1 Å². The molecule has 3 heterocycles. The smallest absolute Gasteiger partial charge is 0.324 e. The summed E-state index contributed by atoms with van der Waals surface area (Å²) < 4.78 is 11.8. The van der Waals surface area contributed by atoms with Crippen LogP contribution in [0, 0.1) is 19.8 Å². The van der Waals surface area contributed by atoms with Crippen LogP contribution in [0.5, 0.6) is 11.8 Å². The lowest BCUT2D eigenvalue weighted by Crippen LogP contribution is -2.42. The van der Waals surface area contributed by atoms with E-state index in [0.717, 1.165) is 27.7 Å². The van der Waals surface area contributed by atoms with E-state index < -0.39 is 0 Å². The van der Waals surface area contributed by atoms with Crippen molar-refractivity contribution >= 4 is 33.9 Å². The largest absolute Gasteiger partial charge is 0.424 e. The van der Waals surface area contributed by atoms with E-state index in [2.05, 4.69) is 49.4 Å². The van der Waals surface area contributed by atoms with Crippen molar-refractivity contribution in [3.63, 3.8) is 0 Å².